The molecular formula is C38H40N6O6. The van der Waals surface area contributed by atoms with Crippen LogP contribution >= 0.6 is 0 Å². The van der Waals surface area contributed by atoms with Gasteiger partial charge in [-0.3, -0.25) is 9.59 Å². The summed E-state index contributed by atoms with van der Waals surface area (Å²) in [4.78, 5) is 28.8. The van der Waals surface area contributed by atoms with Gasteiger partial charge in [-0.1, -0.05) is 63.1 Å². The minimum absolute atomic E-state index is 0.0411. The number of aliphatic carboxylic acids is 2. The maximum atomic E-state index is 13.1. The normalized spacial score (nSPS) is 14.1. The van der Waals surface area contributed by atoms with Gasteiger partial charge in [-0.15, -0.1) is 30.0 Å². The zero-order valence-electron chi connectivity index (χ0n) is 28.5. The lowest BCUT2D eigenvalue weighted by molar-refractivity contribution is -0.146. The van der Waals surface area contributed by atoms with Crippen molar-refractivity contribution < 1.29 is 30.0 Å². The van der Waals surface area contributed by atoms with Gasteiger partial charge >= 0.3 is 11.9 Å². The van der Waals surface area contributed by atoms with Crippen molar-refractivity contribution in [2.45, 2.75) is 77.0 Å². The molecule has 0 saturated carbocycles. The van der Waals surface area contributed by atoms with Gasteiger partial charge in [0.2, 0.25) is 0 Å². The topological polar surface area (TPSA) is 176 Å². The molecule has 2 aromatic heterocycles. The van der Waals surface area contributed by atoms with Crippen LogP contribution in [0, 0.1) is 13.8 Å². The van der Waals surface area contributed by atoms with Crippen LogP contribution in [-0.4, -0.2) is 62.4 Å². The molecule has 0 spiro atoms. The summed E-state index contributed by atoms with van der Waals surface area (Å²) in [6.07, 6.45) is 1.85. The van der Waals surface area contributed by atoms with Crippen LogP contribution in [0.1, 0.15) is 74.6 Å². The molecule has 258 valence electrons. The number of benzene rings is 4. The van der Waals surface area contributed by atoms with Crippen LogP contribution in [0.15, 0.2) is 72.8 Å². The zero-order chi connectivity index (χ0) is 35.8. The molecular weight excluding hydrogens is 636 g/mol. The molecule has 0 bridgehead atoms. The molecule has 0 amide bonds. The van der Waals surface area contributed by atoms with Crippen molar-refractivity contribution in [2.75, 3.05) is 0 Å². The second-order valence-electron chi connectivity index (χ2n) is 13.0. The maximum Gasteiger partial charge on any atom is 0.314 e. The third-order valence-corrected chi connectivity index (χ3v) is 10.2. The molecule has 0 saturated heterocycles. The second-order valence-corrected chi connectivity index (χ2v) is 13.0. The van der Waals surface area contributed by atoms with E-state index >= 15 is 0 Å². The standard InChI is InChI=1S/C38H40N6O6/c1-5-37(35(47)48,25-19-23(3)33(45)31(21-25)43-39-27-13-7-8-14-28(27)40-43)17-11-12-18-38(6-2,36(49)50)26-20-24(4)34(46)32(22-26)44-41-29-15-9-10-16-30(29)42-44/h7-10,13-16,19-22,45-46H,5-6,11-12,17-18H2,1-4H3,(H,47,48)(H,49,50). The lowest BCUT2D eigenvalue weighted by atomic mass is 9.71. The van der Waals surface area contributed by atoms with Gasteiger partial charge in [-0.2, -0.15) is 0 Å². The molecule has 2 unspecified atom stereocenters. The van der Waals surface area contributed by atoms with E-state index in [1.807, 2.05) is 62.4 Å². The van der Waals surface area contributed by atoms with E-state index in [4.69, 9.17) is 0 Å². The monoisotopic (exact) mass is 676 g/mol. The van der Waals surface area contributed by atoms with Crippen LogP contribution in [0.2, 0.25) is 0 Å². The molecule has 0 radical (unpaired) electrons. The summed E-state index contributed by atoms with van der Waals surface area (Å²) < 4.78 is 0. The van der Waals surface area contributed by atoms with Crippen LogP contribution in [0.3, 0.4) is 0 Å². The summed E-state index contributed by atoms with van der Waals surface area (Å²) >= 11 is 0. The van der Waals surface area contributed by atoms with E-state index < -0.39 is 22.8 Å². The zero-order valence-corrected chi connectivity index (χ0v) is 28.5. The molecule has 0 aliphatic rings. The molecule has 50 heavy (non-hydrogen) atoms. The molecule has 2 atom stereocenters. The van der Waals surface area contributed by atoms with Crippen molar-refractivity contribution in [3.63, 3.8) is 0 Å². The Hall–Kier alpha value is -5.78. The SMILES string of the molecule is CCC(CCCCC(CC)(C(=O)O)c1cc(C)c(O)c(-n2nc3ccccc3n2)c1)(C(=O)O)c1cc(C)c(O)c(-n2nc3ccccc3n2)c1. The number of unbranched alkanes of at least 4 members (excludes halogenated alkanes) is 1. The summed E-state index contributed by atoms with van der Waals surface area (Å²) in [6, 6.07) is 21.3. The molecule has 12 nitrogen and oxygen atoms in total. The Bertz CT molecular complexity index is 2020. The molecule has 6 rings (SSSR count). The summed E-state index contributed by atoms with van der Waals surface area (Å²) in [7, 11) is 0. The summed E-state index contributed by atoms with van der Waals surface area (Å²) in [5.74, 6) is -2.10. The van der Waals surface area contributed by atoms with Crippen LogP contribution < -0.4 is 0 Å². The Kier molecular flexibility index (Phi) is 9.04. The van der Waals surface area contributed by atoms with E-state index in [1.54, 1.807) is 38.1 Å². The summed E-state index contributed by atoms with van der Waals surface area (Å²) in [6.45, 7) is 7.06. The Morgan fingerprint density at radius 2 is 0.920 bits per heavy atom. The number of aromatic nitrogens is 6. The number of aromatic hydroxyl groups is 2. The quantitative estimate of drug-likeness (QED) is 0.0941. The number of hydrogen-bond donors (Lipinski definition) is 4. The van der Waals surface area contributed by atoms with Crippen molar-refractivity contribution >= 4 is 34.0 Å². The lowest BCUT2D eigenvalue weighted by Crippen LogP contribution is -2.37. The van der Waals surface area contributed by atoms with Gasteiger partial charge in [0.15, 0.2) is 0 Å². The molecule has 0 aliphatic heterocycles. The van der Waals surface area contributed by atoms with E-state index in [9.17, 15) is 30.0 Å². The lowest BCUT2D eigenvalue weighted by Gasteiger charge is -2.32. The Labute approximate surface area is 288 Å². The number of aryl methyl sites for hydroxylation is 2. The minimum Gasteiger partial charge on any atom is -0.505 e. The first-order valence-electron chi connectivity index (χ1n) is 16.7. The Morgan fingerprint density at radius 3 is 1.20 bits per heavy atom. The van der Waals surface area contributed by atoms with Crippen LogP contribution in [0.25, 0.3) is 33.4 Å². The first kappa shape index (κ1) is 34.1. The highest BCUT2D eigenvalue weighted by atomic mass is 16.4. The Morgan fingerprint density at radius 1 is 0.600 bits per heavy atom. The van der Waals surface area contributed by atoms with Crippen molar-refractivity contribution in [3.05, 3.63) is 95.1 Å². The van der Waals surface area contributed by atoms with Crippen molar-refractivity contribution in [1.82, 2.24) is 30.0 Å². The smallest absolute Gasteiger partial charge is 0.314 e. The van der Waals surface area contributed by atoms with E-state index in [0.29, 0.717) is 57.2 Å². The minimum atomic E-state index is -1.31. The number of phenols is 2. The number of carboxylic acids is 2. The first-order chi connectivity index (χ1) is 23.9. The highest BCUT2D eigenvalue weighted by Crippen LogP contribution is 2.42. The number of carbonyl (C=O) groups is 2. The van der Waals surface area contributed by atoms with Crippen LogP contribution in [0.4, 0.5) is 0 Å². The fourth-order valence-corrected chi connectivity index (χ4v) is 6.98. The number of hydrogen-bond acceptors (Lipinski definition) is 8. The maximum absolute atomic E-state index is 13.1. The average molecular weight is 677 g/mol. The third kappa shape index (κ3) is 5.80. The molecule has 6 aromatic rings. The van der Waals surface area contributed by atoms with Crippen molar-refractivity contribution in [3.8, 4) is 22.9 Å². The second kappa shape index (κ2) is 13.3. The van der Waals surface area contributed by atoms with Gasteiger partial charge in [-0.05, 0) is 98.2 Å². The molecule has 12 heteroatoms. The van der Waals surface area contributed by atoms with Crippen molar-refractivity contribution in [1.29, 1.82) is 0 Å². The fraction of sp³-hybridized carbons (Fsp3) is 0.316. The molecule has 0 aliphatic carbocycles. The summed E-state index contributed by atoms with van der Waals surface area (Å²) in [5, 5.41) is 61.4. The van der Waals surface area contributed by atoms with E-state index in [2.05, 4.69) is 20.4 Å². The predicted octanol–water partition coefficient (Wildman–Crippen LogP) is 6.91. The molecule has 4 N–H and O–H groups in total. The van der Waals surface area contributed by atoms with E-state index in [-0.39, 0.29) is 48.6 Å². The number of carboxylic acid groups (broad SMARTS) is 2. The number of rotatable bonds is 13. The van der Waals surface area contributed by atoms with Crippen molar-refractivity contribution in [2.24, 2.45) is 0 Å². The average Bonchev–Trinajstić information content (AvgIpc) is 3.73. The number of fused-ring (bicyclic) bond motifs is 2. The van der Waals surface area contributed by atoms with Gasteiger partial charge in [0, 0.05) is 0 Å². The molecule has 4 aromatic carbocycles. The molecule has 2 heterocycles. The fourth-order valence-electron chi connectivity index (χ4n) is 6.98. The largest absolute Gasteiger partial charge is 0.505 e. The van der Waals surface area contributed by atoms with Gasteiger partial charge < -0.3 is 20.4 Å². The third-order valence-electron chi connectivity index (χ3n) is 10.2. The molecule has 0 fully saturated rings. The highest BCUT2D eigenvalue weighted by molar-refractivity contribution is 5.83. The van der Waals surface area contributed by atoms with E-state index in [0.717, 1.165) is 0 Å². The Balaban J connectivity index is 1.30. The predicted molar refractivity (Wildman–Crippen MR) is 188 cm³/mol. The van der Waals surface area contributed by atoms with Gasteiger partial charge in [0.1, 0.15) is 44.9 Å². The number of nitrogens with zero attached hydrogens (tertiary/aromatic N) is 6. The summed E-state index contributed by atoms with van der Waals surface area (Å²) in [5.41, 5.74) is 2.50. The number of phenolic OH excluding ortho intramolecular Hbond substituents is 2. The van der Waals surface area contributed by atoms with Crippen LogP contribution in [0.5, 0.6) is 11.5 Å². The van der Waals surface area contributed by atoms with Gasteiger partial charge in [0.05, 0.1) is 10.8 Å². The first-order valence-corrected chi connectivity index (χ1v) is 16.7. The van der Waals surface area contributed by atoms with Gasteiger partial charge in [-0.25, -0.2) is 0 Å². The highest BCUT2D eigenvalue weighted by Gasteiger charge is 2.42. The van der Waals surface area contributed by atoms with Gasteiger partial charge in [0.25, 0.3) is 0 Å². The van der Waals surface area contributed by atoms with Crippen LogP contribution in [-0.2, 0) is 20.4 Å². The van der Waals surface area contributed by atoms with E-state index in [1.165, 1.54) is 9.59 Å².